The van der Waals surface area contributed by atoms with Crippen LogP contribution in [0.4, 0.5) is 0 Å². The Kier molecular flexibility index (Phi) is 8.58. The molecule has 0 spiro atoms. The van der Waals surface area contributed by atoms with Crippen molar-refractivity contribution in [3.63, 3.8) is 0 Å². The zero-order chi connectivity index (χ0) is 28.6. The van der Waals surface area contributed by atoms with Gasteiger partial charge in [-0.05, 0) is 54.3 Å². The van der Waals surface area contributed by atoms with Crippen LogP contribution < -0.4 is 14.8 Å². The first kappa shape index (κ1) is 28.7. The summed E-state index contributed by atoms with van der Waals surface area (Å²) in [5, 5.41) is 34.5. The molecule has 0 radical (unpaired) electrons. The zero-order valence-electron chi connectivity index (χ0n) is 22.0. The van der Waals surface area contributed by atoms with Gasteiger partial charge in [-0.1, -0.05) is 35.7 Å². The van der Waals surface area contributed by atoms with Crippen molar-refractivity contribution in [3.05, 3.63) is 68.7 Å². The number of nitrogens with one attached hydrogen (secondary N) is 1. The predicted octanol–water partition coefficient (Wildman–Crippen LogP) is 2.95. The van der Waals surface area contributed by atoms with Gasteiger partial charge in [0.15, 0.2) is 11.5 Å². The van der Waals surface area contributed by atoms with Gasteiger partial charge in [-0.2, -0.15) is 0 Å². The number of fused-ring (bicyclic) bond motifs is 3. The van der Waals surface area contributed by atoms with Gasteiger partial charge >= 0.3 is 0 Å². The summed E-state index contributed by atoms with van der Waals surface area (Å²) in [6.07, 6.45) is 1.93. The Bertz CT molecular complexity index is 1330. The first-order chi connectivity index (χ1) is 19.3. The van der Waals surface area contributed by atoms with Gasteiger partial charge in [0, 0.05) is 40.2 Å². The number of benzene rings is 2. The third-order valence-corrected chi connectivity index (χ3v) is 8.53. The molecule has 0 saturated heterocycles. The first-order valence-corrected chi connectivity index (χ1v) is 14.0. The largest absolute Gasteiger partial charge is 0.493 e. The van der Waals surface area contributed by atoms with Gasteiger partial charge in [0.1, 0.15) is 12.2 Å². The molecule has 40 heavy (non-hydrogen) atoms. The van der Waals surface area contributed by atoms with E-state index < -0.39 is 30.1 Å². The molecule has 9 nitrogen and oxygen atoms in total. The average Bonchev–Trinajstić information content (AvgIpc) is 3.30. The summed E-state index contributed by atoms with van der Waals surface area (Å²) >= 11 is 12.6. The second-order valence-electron chi connectivity index (χ2n) is 10.3. The molecule has 5 rings (SSSR count). The number of aliphatic hydroxyl groups excluding tert-OH is 3. The second kappa shape index (κ2) is 12.0. The monoisotopic (exact) mass is 590 g/mol. The van der Waals surface area contributed by atoms with Gasteiger partial charge in [-0.3, -0.25) is 9.59 Å². The maximum atomic E-state index is 13.8. The molecule has 1 saturated carbocycles. The molecule has 0 unspecified atom stereocenters. The number of nitrogens with zero attached hydrogens (tertiary/aromatic N) is 1. The fraction of sp³-hybridized carbons (Fsp3) is 0.448. The lowest BCUT2D eigenvalue weighted by molar-refractivity contribution is -0.145. The van der Waals surface area contributed by atoms with Crippen molar-refractivity contribution in [2.24, 2.45) is 5.92 Å². The van der Waals surface area contributed by atoms with E-state index in [1.54, 1.807) is 41.3 Å². The standard InChI is InChI=1S/C29H32Cl2N2O7/c1-39-23-10-15(14-35)9-19-24-20(28(37)32-7-8-34)12-22(25(36)27(24)40-26(19)23)33(29(38)16-3-2-4-16)13-17-5-6-18(30)11-21(17)31/h5-6,9-12,16,22,24-25,27,34-36H,2-4,7-8,13-14H2,1H3,(H,32,37)/t22-,24+,25+,27+/m1/s1. The Morgan fingerprint density at radius 2 is 1.95 bits per heavy atom. The Labute approximate surface area is 242 Å². The van der Waals surface area contributed by atoms with E-state index in [9.17, 15) is 24.9 Å². The van der Waals surface area contributed by atoms with Crippen LogP contribution in [0, 0.1) is 5.92 Å². The molecular formula is C29H32Cl2N2O7. The number of amides is 2. The van der Waals surface area contributed by atoms with Gasteiger partial charge in [-0.15, -0.1) is 0 Å². The lowest BCUT2D eigenvalue weighted by atomic mass is 9.76. The maximum Gasteiger partial charge on any atom is 0.247 e. The molecule has 11 heteroatoms. The van der Waals surface area contributed by atoms with Crippen molar-refractivity contribution in [1.29, 1.82) is 0 Å². The van der Waals surface area contributed by atoms with Crippen molar-refractivity contribution < 1.29 is 34.4 Å². The topological polar surface area (TPSA) is 129 Å². The quantitative estimate of drug-likeness (QED) is 0.353. The van der Waals surface area contributed by atoms with E-state index in [0.29, 0.717) is 43.8 Å². The Morgan fingerprint density at radius 3 is 2.58 bits per heavy atom. The molecule has 4 atom stereocenters. The minimum absolute atomic E-state index is 0.0274. The smallest absolute Gasteiger partial charge is 0.247 e. The molecule has 1 heterocycles. The summed E-state index contributed by atoms with van der Waals surface area (Å²) in [6.45, 7) is -0.388. The number of rotatable bonds is 9. The van der Waals surface area contributed by atoms with Crippen LogP contribution in [0.2, 0.25) is 10.0 Å². The molecule has 3 aliphatic rings. The van der Waals surface area contributed by atoms with Crippen molar-refractivity contribution >= 4 is 35.0 Å². The van der Waals surface area contributed by atoms with Gasteiger partial charge in [0.05, 0.1) is 32.3 Å². The van der Waals surface area contributed by atoms with Crippen LogP contribution >= 0.6 is 23.2 Å². The number of halogens is 2. The molecule has 4 N–H and O–H groups in total. The number of aliphatic hydroxyl groups is 3. The van der Waals surface area contributed by atoms with E-state index in [0.717, 1.165) is 19.3 Å². The fourth-order valence-corrected chi connectivity index (χ4v) is 6.14. The van der Waals surface area contributed by atoms with Crippen LogP contribution in [0.5, 0.6) is 11.5 Å². The highest BCUT2D eigenvalue weighted by molar-refractivity contribution is 6.35. The zero-order valence-corrected chi connectivity index (χ0v) is 23.5. The molecule has 1 fully saturated rings. The summed E-state index contributed by atoms with van der Waals surface area (Å²) in [5.41, 5.74) is 2.09. The van der Waals surface area contributed by atoms with Crippen molar-refractivity contribution in [1.82, 2.24) is 10.2 Å². The Hall–Kier alpha value is -2.82. The predicted molar refractivity (Wildman–Crippen MR) is 148 cm³/mol. The minimum atomic E-state index is -1.20. The van der Waals surface area contributed by atoms with Crippen LogP contribution in [0.1, 0.15) is 41.9 Å². The molecule has 1 aliphatic heterocycles. The lowest BCUT2D eigenvalue weighted by Gasteiger charge is -2.43. The van der Waals surface area contributed by atoms with Gasteiger partial charge in [-0.25, -0.2) is 0 Å². The van der Waals surface area contributed by atoms with Crippen molar-refractivity contribution in [2.45, 2.75) is 56.6 Å². The van der Waals surface area contributed by atoms with Gasteiger partial charge < -0.3 is 35.0 Å². The van der Waals surface area contributed by atoms with E-state index >= 15 is 0 Å². The molecule has 214 valence electrons. The Balaban J connectivity index is 1.60. The summed E-state index contributed by atoms with van der Waals surface area (Å²) < 4.78 is 11.8. The fourth-order valence-electron chi connectivity index (χ4n) is 5.67. The second-order valence-corrected chi connectivity index (χ2v) is 11.2. The van der Waals surface area contributed by atoms with Gasteiger partial charge in [0.2, 0.25) is 11.8 Å². The van der Waals surface area contributed by atoms with E-state index in [-0.39, 0.29) is 38.1 Å². The third-order valence-electron chi connectivity index (χ3n) is 7.95. The summed E-state index contributed by atoms with van der Waals surface area (Å²) in [6, 6.07) is 7.49. The minimum Gasteiger partial charge on any atom is -0.493 e. The average molecular weight is 591 g/mol. The Morgan fingerprint density at radius 1 is 1.18 bits per heavy atom. The van der Waals surface area contributed by atoms with Crippen molar-refractivity contribution in [2.75, 3.05) is 20.3 Å². The highest BCUT2D eigenvalue weighted by Crippen LogP contribution is 2.51. The molecule has 0 bridgehead atoms. The summed E-state index contributed by atoms with van der Waals surface area (Å²) in [5.74, 6) is -0.740. The molecular weight excluding hydrogens is 559 g/mol. The first-order valence-electron chi connectivity index (χ1n) is 13.3. The molecule has 0 aromatic heterocycles. The lowest BCUT2D eigenvalue weighted by Crippen LogP contribution is -2.56. The number of ether oxygens (including phenoxy) is 2. The van der Waals surface area contributed by atoms with Crippen LogP contribution in [-0.4, -0.2) is 70.5 Å². The molecule has 2 amide bonds. The number of methoxy groups -OCH3 is 1. The maximum absolute atomic E-state index is 13.8. The van der Waals surface area contributed by atoms with Crippen LogP contribution in [0.25, 0.3) is 0 Å². The van der Waals surface area contributed by atoms with Crippen LogP contribution in [0.3, 0.4) is 0 Å². The number of carbonyl (C=O) groups excluding carboxylic acids is 2. The number of carbonyl (C=O) groups is 2. The van der Waals surface area contributed by atoms with Gasteiger partial charge in [0.25, 0.3) is 0 Å². The SMILES string of the molecule is COc1cc(CO)cc2c1O[C@@H]1[C@@H](O)[C@H](N(Cc3ccc(Cl)cc3Cl)C(=O)C3CCC3)C=C(C(=O)NCCO)[C@H]21. The summed E-state index contributed by atoms with van der Waals surface area (Å²) in [7, 11) is 1.47. The van der Waals surface area contributed by atoms with Crippen molar-refractivity contribution in [3.8, 4) is 11.5 Å². The molecule has 2 aromatic carbocycles. The third kappa shape index (κ3) is 5.29. The van der Waals surface area contributed by atoms with Crippen LogP contribution in [0.15, 0.2) is 42.0 Å². The summed E-state index contributed by atoms with van der Waals surface area (Å²) in [4.78, 5) is 28.8. The number of hydrogen-bond acceptors (Lipinski definition) is 7. The normalized spacial score (nSPS) is 23.3. The van der Waals surface area contributed by atoms with E-state index in [1.807, 2.05) is 0 Å². The number of hydrogen-bond donors (Lipinski definition) is 4. The van der Waals surface area contributed by atoms with E-state index in [4.69, 9.17) is 32.7 Å². The highest BCUT2D eigenvalue weighted by atomic mass is 35.5. The molecule has 2 aromatic rings. The van der Waals surface area contributed by atoms with Crippen LogP contribution in [-0.2, 0) is 22.7 Å². The van der Waals surface area contributed by atoms with E-state index in [2.05, 4.69) is 5.32 Å². The highest BCUT2D eigenvalue weighted by Gasteiger charge is 2.52. The van der Waals surface area contributed by atoms with E-state index in [1.165, 1.54) is 7.11 Å². The molecule has 2 aliphatic carbocycles.